The van der Waals surface area contributed by atoms with E-state index in [9.17, 15) is 0 Å². The molecule has 98 valence electrons. The monoisotopic (exact) mass is 276 g/mol. The Morgan fingerprint density at radius 3 is 2.45 bits per heavy atom. The molecule has 0 amide bonds. The third kappa shape index (κ3) is 1.49. The van der Waals surface area contributed by atoms with Crippen molar-refractivity contribution in [3.63, 3.8) is 0 Å². The van der Waals surface area contributed by atoms with Gasteiger partial charge in [-0.15, -0.1) is 0 Å². The Kier molecular flexibility index (Phi) is 2.62. The van der Waals surface area contributed by atoms with Crippen molar-refractivity contribution in [1.29, 1.82) is 0 Å². The minimum atomic E-state index is -0.751. The fourth-order valence-corrected chi connectivity index (χ4v) is 6.66. The van der Waals surface area contributed by atoms with Crippen molar-refractivity contribution in [1.82, 2.24) is 0 Å². The van der Waals surface area contributed by atoms with Crippen LogP contribution >= 0.6 is 7.55 Å². The van der Waals surface area contributed by atoms with Gasteiger partial charge < -0.3 is 0 Å². The maximum atomic E-state index is 2.45. The van der Waals surface area contributed by atoms with Crippen molar-refractivity contribution in [2.75, 3.05) is 0 Å². The highest BCUT2D eigenvalue weighted by Crippen LogP contribution is 2.61. The smallest absolute Gasteiger partial charge is 0.0391 e. The van der Waals surface area contributed by atoms with Crippen LogP contribution in [0.2, 0.25) is 0 Å². The first-order valence-electron chi connectivity index (χ1n) is 7.07. The van der Waals surface area contributed by atoms with Crippen LogP contribution in [0.1, 0.15) is 23.6 Å². The van der Waals surface area contributed by atoms with Crippen LogP contribution in [0.3, 0.4) is 0 Å². The summed E-state index contributed by atoms with van der Waals surface area (Å²) >= 11 is 0. The first-order chi connectivity index (χ1) is 9.82. The summed E-state index contributed by atoms with van der Waals surface area (Å²) in [5, 5.41) is 1.69. The van der Waals surface area contributed by atoms with E-state index in [4.69, 9.17) is 0 Å². The van der Waals surface area contributed by atoms with Gasteiger partial charge in [-0.3, -0.25) is 0 Å². The molecule has 2 heterocycles. The molecule has 0 fully saturated rings. The molecule has 0 saturated heterocycles. The second-order valence-corrected chi connectivity index (χ2v) is 8.28. The molecule has 0 spiro atoms. The largest absolute Gasteiger partial charge is 0.0749 e. The molecule has 2 aromatic carbocycles. The summed E-state index contributed by atoms with van der Waals surface area (Å²) in [7, 11) is -0.751. The van der Waals surface area contributed by atoms with E-state index >= 15 is 0 Å². The average molecular weight is 276 g/mol. The number of hydrogen-bond donors (Lipinski definition) is 0. The Labute approximate surface area is 120 Å². The molecule has 1 heteroatoms. The van der Waals surface area contributed by atoms with E-state index in [1.165, 1.54) is 16.7 Å². The van der Waals surface area contributed by atoms with Gasteiger partial charge >= 0.3 is 0 Å². The molecular weight excluding hydrogens is 259 g/mol. The lowest BCUT2D eigenvalue weighted by Gasteiger charge is -2.30. The number of hydrogen-bond acceptors (Lipinski definition) is 0. The zero-order chi connectivity index (χ0) is 13.6. The molecule has 2 unspecified atom stereocenters. The lowest BCUT2D eigenvalue weighted by atomic mass is 9.88. The summed E-state index contributed by atoms with van der Waals surface area (Å²) in [4.78, 5) is 0. The maximum Gasteiger partial charge on any atom is 0.0391 e. The Morgan fingerprint density at radius 1 is 0.850 bits per heavy atom. The Morgan fingerprint density at radius 2 is 1.60 bits per heavy atom. The van der Waals surface area contributed by atoms with E-state index in [1.807, 2.05) is 0 Å². The second-order valence-electron chi connectivity index (χ2n) is 5.58. The van der Waals surface area contributed by atoms with Crippen LogP contribution in [0.5, 0.6) is 0 Å². The first-order valence-corrected chi connectivity index (χ1v) is 8.64. The van der Waals surface area contributed by atoms with Gasteiger partial charge in [-0.1, -0.05) is 86.2 Å². The van der Waals surface area contributed by atoms with Gasteiger partial charge in [-0.25, -0.2) is 0 Å². The molecule has 20 heavy (non-hydrogen) atoms. The third-order valence-electron chi connectivity index (χ3n) is 4.57. The van der Waals surface area contributed by atoms with Crippen LogP contribution in [0.15, 0.2) is 78.6 Å². The minimum absolute atomic E-state index is 0.138. The lowest BCUT2D eigenvalue weighted by Crippen LogP contribution is -2.16. The highest BCUT2D eigenvalue weighted by atomic mass is 31.1. The number of benzene rings is 2. The van der Waals surface area contributed by atoms with Gasteiger partial charge in [0.25, 0.3) is 0 Å². The molecule has 2 aliphatic rings. The van der Waals surface area contributed by atoms with Crippen LogP contribution in [0.25, 0.3) is 0 Å². The summed E-state index contributed by atoms with van der Waals surface area (Å²) in [6.07, 6.45) is 6.73. The second kappa shape index (κ2) is 4.36. The molecule has 0 radical (unpaired) electrons. The first kappa shape index (κ1) is 12.0. The molecule has 0 aliphatic carbocycles. The number of rotatable bonds is 1. The van der Waals surface area contributed by atoms with E-state index in [1.54, 1.807) is 5.29 Å². The standard InChI is InChI=1S/C19H17P/c1-19(15-9-3-2-4-10-15)17-12-6-5-11-16(17)18-13-7-8-14-20(18)19/h2-14,20H,1H3. The molecular formula is C19H17P. The Bertz CT molecular complexity index is 765. The Hall–Kier alpha value is -1.78. The van der Waals surface area contributed by atoms with E-state index in [0.29, 0.717) is 0 Å². The van der Waals surface area contributed by atoms with Crippen LogP contribution < -0.4 is 0 Å². The summed E-state index contributed by atoms with van der Waals surface area (Å²) in [5.74, 6) is 2.45. The van der Waals surface area contributed by atoms with E-state index < -0.39 is 7.55 Å². The zero-order valence-electron chi connectivity index (χ0n) is 11.5. The quantitative estimate of drug-likeness (QED) is 0.657. The van der Waals surface area contributed by atoms with Crippen molar-refractivity contribution in [3.05, 3.63) is 95.3 Å². The van der Waals surface area contributed by atoms with Crippen LogP contribution in [-0.4, -0.2) is 5.29 Å². The predicted octanol–water partition coefficient (Wildman–Crippen LogP) is 4.78. The number of allylic oxidation sites excluding steroid dienone is 3. The molecule has 2 aliphatic heterocycles. The van der Waals surface area contributed by atoms with Crippen molar-refractivity contribution < 1.29 is 0 Å². The van der Waals surface area contributed by atoms with Crippen LogP contribution in [0.4, 0.5) is 0 Å². The van der Waals surface area contributed by atoms with E-state index in [2.05, 4.69) is 85.6 Å². The van der Waals surface area contributed by atoms with Gasteiger partial charge in [0.2, 0.25) is 0 Å². The molecule has 0 aromatic heterocycles. The molecule has 0 saturated carbocycles. The van der Waals surface area contributed by atoms with Crippen LogP contribution in [0, 0.1) is 0 Å². The molecule has 2 aromatic rings. The minimum Gasteiger partial charge on any atom is -0.0749 e. The summed E-state index contributed by atoms with van der Waals surface area (Å²) in [6.45, 7) is 2.42. The van der Waals surface area contributed by atoms with Crippen molar-refractivity contribution >= 4 is 12.8 Å². The third-order valence-corrected chi connectivity index (χ3v) is 7.75. The SMILES string of the molecule is CC1(c2ccccc2)c2ccccc2C2=[PH]1C=CC=C2. The molecule has 0 nitrogen and oxygen atoms in total. The van der Waals surface area contributed by atoms with Gasteiger partial charge in [0.1, 0.15) is 0 Å². The van der Waals surface area contributed by atoms with Gasteiger partial charge in [0, 0.05) is 5.16 Å². The van der Waals surface area contributed by atoms with E-state index in [0.717, 1.165) is 0 Å². The normalized spacial score (nSPS) is 26.4. The van der Waals surface area contributed by atoms with Crippen molar-refractivity contribution in [3.8, 4) is 0 Å². The van der Waals surface area contributed by atoms with Gasteiger partial charge in [0.15, 0.2) is 0 Å². The fraction of sp³-hybridized carbons (Fsp3) is 0.105. The topological polar surface area (TPSA) is 0 Å². The van der Waals surface area contributed by atoms with Gasteiger partial charge in [0.05, 0.1) is 0 Å². The lowest BCUT2D eigenvalue weighted by molar-refractivity contribution is 0.836. The zero-order valence-corrected chi connectivity index (χ0v) is 12.5. The number of fused-ring (bicyclic) bond motifs is 2. The average Bonchev–Trinajstić information content (AvgIpc) is 2.80. The molecule has 0 bridgehead atoms. The molecule has 2 atom stereocenters. The van der Waals surface area contributed by atoms with Crippen molar-refractivity contribution in [2.24, 2.45) is 0 Å². The van der Waals surface area contributed by atoms with Gasteiger partial charge in [-0.2, -0.15) is 0 Å². The van der Waals surface area contributed by atoms with E-state index in [-0.39, 0.29) is 5.16 Å². The molecule has 0 N–H and O–H groups in total. The highest BCUT2D eigenvalue weighted by molar-refractivity contribution is 7.65. The van der Waals surface area contributed by atoms with Crippen molar-refractivity contribution in [2.45, 2.75) is 12.1 Å². The van der Waals surface area contributed by atoms with Crippen LogP contribution in [-0.2, 0) is 5.16 Å². The maximum absolute atomic E-state index is 2.45. The summed E-state index contributed by atoms with van der Waals surface area (Å²) in [5.41, 5.74) is 4.39. The summed E-state index contributed by atoms with van der Waals surface area (Å²) < 4.78 is 0. The summed E-state index contributed by atoms with van der Waals surface area (Å²) in [6, 6.07) is 19.9. The Balaban J connectivity index is 2.07. The fourth-order valence-electron chi connectivity index (χ4n) is 3.54. The highest BCUT2D eigenvalue weighted by Gasteiger charge is 2.40. The molecule has 4 rings (SSSR count). The van der Waals surface area contributed by atoms with Gasteiger partial charge in [-0.05, 0) is 28.9 Å². The predicted molar refractivity (Wildman–Crippen MR) is 90.0 cm³/mol.